The van der Waals surface area contributed by atoms with Crippen LogP contribution >= 0.6 is 0 Å². The lowest BCUT2D eigenvalue weighted by molar-refractivity contribution is 0.0617. The number of nitrogens with zero attached hydrogens (tertiary/aromatic N) is 2. The number of carbonyl (C=O) groups excluding carboxylic acids is 1. The molecule has 0 bridgehead atoms. The first kappa shape index (κ1) is 13.1. The third-order valence-corrected chi connectivity index (χ3v) is 3.97. The zero-order valence-electron chi connectivity index (χ0n) is 12.0. The molecule has 1 aliphatic rings. The molecule has 0 radical (unpaired) electrons. The lowest BCUT2D eigenvalue weighted by Gasteiger charge is -2.34. The smallest absolute Gasteiger partial charge is 0.272 e. The Morgan fingerprint density at radius 3 is 2.55 bits per heavy atom. The number of aromatic nitrogens is 1. The number of fused-ring (bicyclic) bond motifs is 1. The van der Waals surface area contributed by atoms with Crippen molar-refractivity contribution >= 4 is 16.8 Å². The Morgan fingerprint density at radius 2 is 1.80 bits per heavy atom. The van der Waals surface area contributed by atoms with Gasteiger partial charge in [0.15, 0.2) is 0 Å². The predicted octanol–water partition coefficient (Wildman–Crippen LogP) is 3.35. The molecule has 2 aromatic rings. The van der Waals surface area contributed by atoms with E-state index in [0.29, 0.717) is 17.5 Å². The summed E-state index contributed by atoms with van der Waals surface area (Å²) in [5.74, 6) is 1.21. The van der Waals surface area contributed by atoms with E-state index in [4.69, 9.17) is 0 Å². The number of hydrogen-bond acceptors (Lipinski definition) is 2. The lowest BCUT2D eigenvalue weighted by Crippen LogP contribution is -2.42. The van der Waals surface area contributed by atoms with E-state index in [2.05, 4.69) is 18.8 Å². The van der Waals surface area contributed by atoms with Crippen molar-refractivity contribution in [2.75, 3.05) is 13.1 Å². The molecular weight excluding hydrogens is 248 g/mol. The fourth-order valence-electron chi connectivity index (χ4n) is 3.18. The van der Waals surface area contributed by atoms with E-state index in [1.54, 1.807) is 0 Å². The summed E-state index contributed by atoms with van der Waals surface area (Å²) in [5.41, 5.74) is 1.45. The van der Waals surface area contributed by atoms with Crippen LogP contribution in [0.4, 0.5) is 0 Å². The van der Waals surface area contributed by atoms with E-state index in [1.807, 2.05) is 41.3 Å². The highest BCUT2D eigenvalue weighted by Gasteiger charge is 2.26. The Balaban J connectivity index is 1.88. The van der Waals surface area contributed by atoms with Gasteiger partial charge < -0.3 is 4.90 Å². The predicted molar refractivity (Wildman–Crippen MR) is 80.6 cm³/mol. The first-order valence-electron chi connectivity index (χ1n) is 7.28. The average Bonchev–Trinajstić information content (AvgIpc) is 2.45. The summed E-state index contributed by atoms with van der Waals surface area (Å²) in [6.45, 7) is 6.11. The molecular formula is C17H20N2O. The second-order valence-electron chi connectivity index (χ2n) is 6.05. The molecule has 0 spiro atoms. The number of rotatable bonds is 1. The summed E-state index contributed by atoms with van der Waals surface area (Å²) < 4.78 is 0. The molecule has 1 saturated heterocycles. The highest BCUT2D eigenvalue weighted by molar-refractivity contribution is 5.95. The summed E-state index contributed by atoms with van der Waals surface area (Å²) in [6.07, 6.45) is 1.20. The maximum absolute atomic E-state index is 12.6. The van der Waals surface area contributed by atoms with Crippen LogP contribution in [0.3, 0.4) is 0 Å². The van der Waals surface area contributed by atoms with Gasteiger partial charge in [0.2, 0.25) is 0 Å². The van der Waals surface area contributed by atoms with Crippen molar-refractivity contribution in [2.24, 2.45) is 11.8 Å². The van der Waals surface area contributed by atoms with Crippen molar-refractivity contribution in [3.05, 3.63) is 42.1 Å². The summed E-state index contributed by atoms with van der Waals surface area (Å²) in [7, 11) is 0. The Bertz CT molecular complexity index is 628. The van der Waals surface area contributed by atoms with Gasteiger partial charge in [0.25, 0.3) is 5.91 Å². The van der Waals surface area contributed by atoms with Gasteiger partial charge in [0, 0.05) is 18.5 Å². The molecule has 2 atom stereocenters. The molecule has 1 aliphatic heterocycles. The molecule has 1 amide bonds. The maximum Gasteiger partial charge on any atom is 0.272 e. The van der Waals surface area contributed by atoms with Crippen LogP contribution in [-0.2, 0) is 0 Å². The second kappa shape index (κ2) is 5.23. The monoisotopic (exact) mass is 268 g/mol. The highest BCUT2D eigenvalue weighted by atomic mass is 16.2. The molecule has 1 aromatic carbocycles. The number of para-hydroxylation sites is 1. The topological polar surface area (TPSA) is 33.2 Å². The summed E-state index contributed by atoms with van der Waals surface area (Å²) in [5, 5.41) is 1.07. The van der Waals surface area contributed by atoms with Crippen molar-refractivity contribution in [1.82, 2.24) is 9.88 Å². The van der Waals surface area contributed by atoms with Gasteiger partial charge in [0.1, 0.15) is 5.69 Å². The molecule has 3 nitrogen and oxygen atoms in total. The Morgan fingerprint density at radius 1 is 1.10 bits per heavy atom. The summed E-state index contributed by atoms with van der Waals surface area (Å²) in [4.78, 5) is 19.1. The Labute approximate surface area is 119 Å². The van der Waals surface area contributed by atoms with Crippen LogP contribution in [0, 0.1) is 11.8 Å². The Kier molecular flexibility index (Phi) is 3.43. The van der Waals surface area contributed by atoms with Crippen LogP contribution in [0.25, 0.3) is 10.9 Å². The zero-order valence-corrected chi connectivity index (χ0v) is 12.0. The molecule has 2 heterocycles. The summed E-state index contributed by atoms with van der Waals surface area (Å²) >= 11 is 0. The fourth-order valence-corrected chi connectivity index (χ4v) is 3.18. The molecule has 0 saturated carbocycles. The van der Waals surface area contributed by atoms with Gasteiger partial charge in [-0.05, 0) is 30.4 Å². The second-order valence-corrected chi connectivity index (χ2v) is 6.05. The fraction of sp³-hybridized carbons (Fsp3) is 0.412. The van der Waals surface area contributed by atoms with Crippen molar-refractivity contribution < 1.29 is 4.79 Å². The van der Waals surface area contributed by atoms with E-state index in [9.17, 15) is 4.79 Å². The minimum atomic E-state index is 0.0640. The standard InChI is InChI=1S/C17H20N2O/c1-12-9-13(2)11-19(10-12)17(20)16-8-7-14-5-3-4-6-15(14)18-16/h3-8,12-13H,9-11H2,1-2H3/t12-,13-/m0/s1. The first-order chi connectivity index (χ1) is 9.63. The van der Waals surface area contributed by atoms with Gasteiger partial charge in [-0.15, -0.1) is 0 Å². The molecule has 20 heavy (non-hydrogen) atoms. The molecule has 1 aromatic heterocycles. The normalized spacial score (nSPS) is 23.0. The largest absolute Gasteiger partial charge is 0.337 e. The minimum absolute atomic E-state index is 0.0640. The lowest BCUT2D eigenvalue weighted by atomic mass is 9.92. The SMILES string of the molecule is C[C@H]1C[C@H](C)CN(C(=O)c2ccc3ccccc3n2)C1. The van der Waals surface area contributed by atoms with Crippen LogP contribution in [0.1, 0.15) is 30.8 Å². The number of amides is 1. The number of carbonyl (C=O) groups is 1. The van der Waals surface area contributed by atoms with Gasteiger partial charge in [-0.1, -0.05) is 38.1 Å². The van der Waals surface area contributed by atoms with Gasteiger partial charge in [-0.2, -0.15) is 0 Å². The van der Waals surface area contributed by atoms with Crippen LogP contribution in [0.15, 0.2) is 36.4 Å². The number of hydrogen-bond donors (Lipinski definition) is 0. The minimum Gasteiger partial charge on any atom is -0.337 e. The van der Waals surface area contributed by atoms with Gasteiger partial charge in [-0.25, -0.2) is 4.98 Å². The van der Waals surface area contributed by atoms with E-state index in [-0.39, 0.29) is 5.91 Å². The van der Waals surface area contributed by atoms with Crippen LogP contribution in [-0.4, -0.2) is 28.9 Å². The van der Waals surface area contributed by atoms with E-state index in [1.165, 1.54) is 6.42 Å². The Hall–Kier alpha value is -1.90. The first-order valence-corrected chi connectivity index (χ1v) is 7.28. The van der Waals surface area contributed by atoms with Crippen molar-refractivity contribution in [3.8, 4) is 0 Å². The van der Waals surface area contributed by atoms with Gasteiger partial charge in [-0.3, -0.25) is 4.79 Å². The zero-order chi connectivity index (χ0) is 14.1. The average molecular weight is 268 g/mol. The highest BCUT2D eigenvalue weighted by Crippen LogP contribution is 2.22. The van der Waals surface area contributed by atoms with E-state index < -0.39 is 0 Å². The van der Waals surface area contributed by atoms with Crippen molar-refractivity contribution in [2.45, 2.75) is 20.3 Å². The quantitative estimate of drug-likeness (QED) is 0.794. The molecule has 0 unspecified atom stereocenters. The summed E-state index contributed by atoms with van der Waals surface area (Å²) in [6, 6.07) is 11.7. The van der Waals surface area contributed by atoms with E-state index >= 15 is 0 Å². The van der Waals surface area contributed by atoms with E-state index in [0.717, 1.165) is 24.0 Å². The van der Waals surface area contributed by atoms with Crippen molar-refractivity contribution in [3.63, 3.8) is 0 Å². The molecule has 104 valence electrons. The number of benzene rings is 1. The molecule has 0 N–H and O–H groups in total. The molecule has 1 fully saturated rings. The third-order valence-electron chi connectivity index (χ3n) is 3.97. The van der Waals surface area contributed by atoms with Gasteiger partial charge in [0.05, 0.1) is 5.52 Å². The number of pyridine rings is 1. The number of piperidine rings is 1. The maximum atomic E-state index is 12.6. The van der Waals surface area contributed by atoms with Crippen LogP contribution in [0.5, 0.6) is 0 Å². The third kappa shape index (κ3) is 2.53. The molecule has 3 heteroatoms. The molecule has 0 aliphatic carbocycles. The number of likely N-dealkylation sites (tertiary alicyclic amines) is 1. The molecule has 3 rings (SSSR count). The van der Waals surface area contributed by atoms with Gasteiger partial charge >= 0.3 is 0 Å². The van der Waals surface area contributed by atoms with Crippen LogP contribution in [0.2, 0.25) is 0 Å². The van der Waals surface area contributed by atoms with Crippen molar-refractivity contribution in [1.29, 1.82) is 0 Å². The van der Waals surface area contributed by atoms with Crippen LogP contribution < -0.4 is 0 Å².